The first-order valence-corrected chi connectivity index (χ1v) is 18.6. The minimum absolute atomic E-state index is 0.0242. The molecule has 0 radical (unpaired) electrons. The Morgan fingerprint density at radius 3 is 2.55 bits per heavy atom. The Labute approximate surface area is 310 Å². The zero-order chi connectivity index (χ0) is 37.3. The Balaban J connectivity index is 1.30. The number of carbonyl (C=O) groups excluding carboxylic acids is 3. The lowest BCUT2D eigenvalue weighted by Crippen LogP contribution is -2.69. The number of methoxy groups -OCH3 is 1. The van der Waals surface area contributed by atoms with E-state index in [4.69, 9.17) is 23.7 Å². The molecule has 3 aromatic rings. The second-order valence-electron chi connectivity index (χ2n) is 14.0. The molecule has 1 amide bonds. The van der Waals surface area contributed by atoms with Gasteiger partial charge < -0.3 is 39.2 Å². The summed E-state index contributed by atoms with van der Waals surface area (Å²) >= 11 is 1.37. The molecule has 2 unspecified atom stereocenters. The number of ether oxygens (including phenoxy) is 5. The van der Waals surface area contributed by atoms with E-state index in [9.17, 15) is 24.6 Å². The normalized spacial score (nSPS) is 27.4. The lowest BCUT2D eigenvalue weighted by Gasteiger charge is -2.62. The average Bonchev–Trinajstić information content (AvgIpc) is 3.63. The molecule has 6 heterocycles. The maximum atomic E-state index is 13.8. The third kappa shape index (κ3) is 5.70. The topological polar surface area (TPSA) is 156 Å². The van der Waals surface area contributed by atoms with Gasteiger partial charge in [-0.3, -0.25) is 19.4 Å². The van der Waals surface area contributed by atoms with Gasteiger partial charge in [0.2, 0.25) is 12.7 Å². The van der Waals surface area contributed by atoms with Gasteiger partial charge in [0, 0.05) is 47.0 Å². The van der Waals surface area contributed by atoms with Crippen molar-refractivity contribution < 1.29 is 48.3 Å². The molecule has 13 nitrogen and oxygen atoms in total. The van der Waals surface area contributed by atoms with E-state index in [2.05, 4.69) is 10.2 Å². The number of phenols is 1. The summed E-state index contributed by atoms with van der Waals surface area (Å²) in [6.45, 7) is 4.72. The van der Waals surface area contributed by atoms with Crippen LogP contribution in [0, 0.1) is 13.8 Å². The van der Waals surface area contributed by atoms with Crippen molar-refractivity contribution in [1.29, 1.82) is 0 Å². The van der Waals surface area contributed by atoms with Gasteiger partial charge in [-0.05, 0) is 50.1 Å². The molecule has 6 aliphatic rings. The highest BCUT2D eigenvalue weighted by atomic mass is 32.2. The number of aliphatic hydroxyl groups is 1. The molecule has 0 spiro atoms. The number of thioether (sulfide) groups is 1. The van der Waals surface area contributed by atoms with E-state index in [0.29, 0.717) is 51.7 Å². The number of benzene rings is 3. The highest BCUT2D eigenvalue weighted by Crippen LogP contribution is 2.63. The summed E-state index contributed by atoms with van der Waals surface area (Å²) in [6, 6.07) is 8.05. The van der Waals surface area contributed by atoms with Crippen LogP contribution in [0.2, 0.25) is 0 Å². The van der Waals surface area contributed by atoms with Crippen LogP contribution in [-0.2, 0) is 25.5 Å². The Hall–Kier alpha value is -4.76. The van der Waals surface area contributed by atoms with Crippen LogP contribution < -0.4 is 24.3 Å². The van der Waals surface area contributed by atoms with Crippen molar-refractivity contribution >= 4 is 35.7 Å². The molecule has 3 aromatic carbocycles. The molecule has 9 rings (SSSR count). The number of carbonyl (C=O) groups is 3. The second kappa shape index (κ2) is 13.6. The molecular formula is C39H41N3O10S. The fourth-order valence-corrected chi connectivity index (χ4v) is 10.3. The molecule has 278 valence electrons. The zero-order valence-electron chi connectivity index (χ0n) is 30.0. The third-order valence-electron chi connectivity index (χ3n) is 11.0. The summed E-state index contributed by atoms with van der Waals surface area (Å²) in [5.41, 5.74) is 5.00. The van der Waals surface area contributed by atoms with E-state index >= 15 is 0 Å². The molecule has 3 N–H and O–H groups in total. The van der Waals surface area contributed by atoms with Gasteiger partial charge in [-0.25, -0.2) is 4.79 Å². The van der Waals surface area contributed by atoms with E-state index in [1.54, 1.807) is 13.0 Å². The lowest BCUT2D eigenvalue weighted by atomic mass is 9.73. The lowest BCUT2D eigenvalue weighted by molar-refractivity contribution is -0.184. The van der Waals surface area contributed by atoms with Crippen LogP contribution >= 0.6 is 11.8 Å². The van der Waals surface area contributed by atoms with Crippen molar-refractivity contribution in [2.24, 2.45) is 0 Å². The number of hydrogen-bond donors (Lipinski definition) is 3. The Morgan fingerprint density at radius 2 is 1.81 bits per heavy atom. The van der Waals surface area contributed by atoms with Gasteiger partial charge in [0.1, 0.15) is 24.6 Å². The van der Waals surface area contributed by atoms with Crippen molar-refractivity contribution in [2.75, 3.05) is 33.3 Å². The standard InChI is InChI=1S/C39H41N3O10S/c1-18-13-22-14-24-38(46)42-25-15-49-39(47)23(40-26(44)12-11-21-9-7-6-8-10-21)16-53-37(31(42)30(41(24)4)27(22)32(45)33(18)48-5)29-28(25)36-35(50-17-51-36)19(2)34(29)52-20(3)43/h6-13,23-25,30-31,37-38,45-46H,14-17H2,1-5H3,(H,40,44)/b12-11+/t23?,24-,25-,30+,31?,37+,38-/m0/s1. The largest absolute Gasteiger partial charge is 0.504 e. The van der Waals surface area contributed by atoms with Crippen LogP contribution in [-0.4, -0.2) is 95.5 Å². The number of esters is 2. The summed E-state index contributed by atoms with van der Waals surface area (Å²) in [5, 5.41) is 26.5. The summed E-state index contributed by atoms with van der Waals surface area (Å²) in [5.74, 6) is -0.0115. The maximum Gasteiger partial charge on any atom is 0.329 e. The van der Waals surface area contributed by atoms with Crippen LogP contribution in [0.3, 0.4) is 0 Å². The molecule has 14 heteroatoms. The maximum absolute atomic E-state index is 13.8. The zero-order valence-corrected chi connectivity index (χ0v) is 30.8. The fourth-order valence-electron chi connectivity index (χ4n) is 8.83. The number of nitrogens with zero attached hydrogens (tertiary/aromatic N) is 2. The molecule has 2 fully saturated rings. The average molecular weight is 744 g/mol. The number of nitrogens with one attached hydrogen (secondary N) is 1. The Morgan fingerprint density at radius 1 is 1.06 bits per heavy atom. The smallest absolute Gasteiger partial charge is 0.329 e. The van der Waals surface area contributed by atoms with Gasteiger partial charge in [0.25, 0.3) is 0 Å². The molecule has 7 atom stereocenters. The molecule has 0 aliphatic carbocycles. The number of likely N-dealkylation sites (N-methyl/N-ethyl adjacent to an activating group) is 1. The molecule has 0 saturated carbocycles. The van der Waals surface area contributed by atoms with Crippen LogP contribution in [0.5, 0.6) is 28.7 Å². The van der Waals surface area contributed by atoms with Gasteiger partial charge in [0.15, 0.2) is 23.0 Å². The quantitative estimate of drug-likeness (QED) is 0.197. The van der Waals surface area contributed by atoms with E-state index in [0.717, 1.165) is 16.7 Å². The monoisotopic (exact) mass is 743 g/mol. The first kappa shape index (κ1) is 35.3. The number of piperazine rings is 1. The highest BCUT2D eigenvalue weighted by Gasteiger charge is 2.60. The number of amides is 1. The predicted octanol–water partition coefficient (Wildman–Crippen LogP) is 3.86. The first-order chi connectivity index (χ1) is 25.5. The van der Waals surface area contributed by atoms with Crippen molar-refractivity contribution in [3.8, 4) is 28.7 Å². The van der Waals surface area contributed by atoms with Gasteiger partial charge in [-0.2, -0.15) is 0 Å². The van der Waals surface area contributed by atoms with Crippen LogP contribution in [0.4, 0.5) is 0 Å². The number of rotatable bonds is 5. The summed E-state index contributed by atoms with van der Waals surface area (Å²) in [6.07, 6.45) is 2.44. The van der Waals surface area contributed by atoms with E-state index < -0.39 is 59.5 Å². The number of aliphatic hydroxyl groups excluding tert-OH is 1. The third-order valence-corrected chi connectivity index (χ3v) is 12.4. The second-order valence-corrected chi connectivity index (χ2v) is 15.2. The van der Waals surface area contributed by atoms with Crippen LogP contribution in [0.15, 0.2) is 42.5 Å². The van der Waals surface area contributed by atoms with Crippen molar-refractivity contribution in [2.45, 2.75) is 68.9 Å². The molecule has 6 aliphatic heterocycles. The molecule has 53 heavy (non-hydrogen) atoms. The predicted molar refractivity (Wildman–Crippen MR) is 194 cm³/mol. The molecular weight excluding hydrogens is 703 g/mol. The summed E-state index contributed by atoms with van der Waals surface area (Å²) in [7, 11) is 3.45. The number of aromatic hydroxyl groups is 1. The summed E-state index contributed by atoms with van der Waals surface area (Å²) in [4.78, 5) is 43.8. The van der Waals surface area contributed by atoms with Crippen LogP contribution in [0.1, 0.15) is 63.2 Å². The van der Waals surface area contributed by atoms with Gasteiger partial charge in [-0.1, -0.05) is 36.4 Å². The first-order valence-electron chi connectivity index (χ1n) is 17.5. The number of phenolic OH excluding ortho intramolecular Hbond substituents is 1. The minimum Gasteiger partial charge on any atom is -0.504 e. The fraction of sp³-hybridized carbons (Fsp3) is 0.410. The SMILES string of the molecule is COc1c(C)cc2c(c1O)[C@@H]1C3[C@@H]4SCC(NC(=O)/C=C/c5ccccc5)C(=O)OC[C@@H](c5c6c(c(C)c(OC(C)=O)c54)OCO6)N3[C@@H](O)[C@H](C2)N1C. The number of aryl methyl sites for hydroxylation is 1. The molecule has 2 saturated heterocycles. The number of hydrogen-bond acceptors (Lipinski definition) is 13. The highest BCUT2D eigenvalue weighted by molar-refractivity contribution is 7.99. The van der Waals surface area contributed by atoms with Crippen LogP contribution in [0.25, 0.3) is 6.08 Å². The Kier molecular flexibility index (Phi) is 9.04. The van der Waals surface area contributed by atoms with Gasteiger partial charge in [-0.15, -0.1) is 11.8 Å². The Bertz CT molecular complexity index is 2040. The molecule has 4 bridgehead atoms. The van der Waals surface area contributed by atoms with Crippen molar-refractivity contribution in [1.82, 2.24) is 15.1 Å². The number of fused-ring (bicyclic) bond motifs is 10. The summed E-state index contributed by atoms with van der Waals surface area (Å²) < 4.78 is 29.8. The van der Waals surface area contributed by atoms with Gasteiger partial charge >= 0.3 is 11.9 Å². The van der Waals surface area contributed by atoms with E-state index in [1.807, 2.05) is 55.3 Å². The molecule has 0 aromatic heterocycles. The van der Waals surface area contributed by atoms with Gasteiger partial charge in [0.05, 0.1) is 30.5 Å². The van der Waals surface area contributed by atoms with E-state index in [-0.39, 0.29) is 24.9 Å². The minimum atomic E-state index is -1.05. The van der Waals surface area contributed by atoms with Crippen molar-refractivity contribution in [3.63, 3.8) is 0 Å². The van der Waals surface area contributed by atoms with E-state index in [1.165, 1.54) is 31.9 Å². The van der Waals surface area contributed by atoms with Crippen molar-refractivity contribution in [3.05, 3.63) is 81.4 Å².